The van der Waals surface area contributed by atoms with Gasteiger partial charge in [0.15, 0.2) is 11.9 Å². The highest BCUT2D eigenvalue weighted by Crippen LogP contribution is 2.33. The number of amides is 6. The molecule has 9 N–H and O–H groups in total. The van der Waals surface area contributed by atoms with Gasteiger partial charge in [-0.25, -0.2) is 14.8 Å². The number of carboxylic acids is 1. The van der Waals surface area contributed by atoms with E-state index in [-0.39, 0.29) is 86.4 Å². The molecule has 1 aliphatic heterocycles. The Balaban J connectivity index is 1.93. The summed E-state index contributed by atoms with van der Waals surface area (Å²) >= 11 is 1.12. The first-order valence-electron chi connectivity index (χ1n) is 27.7. The maximum Gasteiger partial charge on any atom is 0.312 e. The Hall–Kier alpha value is -5.51. The monoisotopic (exact) mass is 1100 g/mol. The topological polar surface area (TPSA) is 295 Å². The Bertz CT molecular complexity index is 2240. The van der Waals surface area contributed by atoms with E-state index < -0.39 is 77.3 Å². The van der Waals surface area contributed by atoms with E-state index in [0.29, 0.717) is 42.8 Å². The Kier molecular flexibility index (Phi) is 27.7. The zero-order valence-corrected chi connectivity index (χ0v) is 48.4. The van der Waals surface area contributed by atoms with Crippen molar-refractivity contribution >= 4 is 64.4 Å². The van der Waals surface area contributed by atoms with E-state index >= 15 is 0 Å². The van der Waals surface area contributed by atoms with Crippen molar-refractivity contribution in [2.75, 3.05) is 32.1 Å². The third-order valence-electron chi connectivity index (χ3n) is 14.5. The maximum absolute atomic E-state index is 14.9. The van der Waals surface area contributed by atoms with Gasteiger partial charge in [-0.05, 0) is 108 Å². The van der Waals surface area contributed by atoms with Gasteiger partial charge in [0.25, 0.3) is 11.8 Å². The number of hydroxylamine groups is 2. The Morgan fingerprint density at radius 3 is 2.22 bits per heavy atom. The smallest absolute Gasteiger partial charge is 0.312 e. The van der Waals surface area contributed by atoms with Crippen LogP contribution < -0.4 is 32.7 Å². The number of esters is 1. The van der Waals surface area contributed by atoms with Crippen LogP contribution in [0.1, 0.15) is 180 Å². The van der Waals surface area contributed by atoms with Gasteiger partial charge in [-0.1, -0.05) is 93.2 Å². The summed E-state index contributed by atoms with van der Waals surface area (Å²) in [5, 5.41) is 24.9. The van der Waals surface area contributed by atoms with E-state index in [1.165, 1.54) is 5.06 Å². The largest absolute Gasteiger partial charge is 0.481 e. The predicted molar refractivity (Wildman–Crippen MR) is 297 cm³/mol. The van der Waals surface area contributed by atoms with Crippen LogP contribution in [0.15, 0.2) is 29.6 Å². The fraction of sp³-hybridized carbons (Fsp3) is 0.696. The van der Waals surface area contributed by atoms with E-state index in [1.807, 2.05) is 53.5 Å². The number of hydrogen-bond acceptors (Lipinski definition) is 14. The summed E-state index contributed by atoms with van der Waals surface area (Å²) in [7, 11) is 1.92. The SMILES string of the molecule is CCCCCON(C(=O)[C@@H](NC(=O)[C@H]1CCCCN1C)[C@@H](C)CC)[C@H](C[C@@H](OC(=O)CC)c1nc(C(=O)N[C@@H](Cc2ccc(NC(=O)[C@H](CCCNC(N)=O)CC(=O)[C@@H](N)C(C)C)cc2)CC(C)(C)C(=O)O)cs1)C(C)C. The molecular weight excluding hydrogens is 1010 g/mol. The Labute approximate surface area is 460 Å². The number of benzene rings is 1. The van der Waals surface area contributed by atoms with Gasteiger partial charge in [-0.3, -0.25) is 43.3 Å². The molecule has 1 fully saturated rings. The zero-order chi connectivity index (χ0) is 57.6. The number of likely N-dealkylation sites (tertiary alicyclic amines) is 1. The summed E-state index contributed by atoms with van der Waals surface area (Å²) in [6.07, 6.45) is 5.65. The number of urea groups is 1. The van der Waals surface area contributed by atoms with Gasteiger partial charge in [0.1, 0.15) is 16.7 Å². The number of aliphatic carboxylic acids is 1. The lowest BCUT2D eigenvalue weighted by Crippen LogP contribution is -2.58. The minimum absolute atomic E-state index is 0.0172. The summed E-state index contributed by atoms with van der Waals surface area (Å²) in [5.41, 5.74) is 11.2. The third kappa shape index (κ3) is 21.3. The van der Waals surface area contributed by atoms with Gasteiger partial charge in [0.05, 0.1) is 30.1 Å². The number of unbranched alkanes of at least 4 members (excludes halogenated alkanes) is 2. The minimum atomic E-state index is -1.26. The molecule has 6 amide bonds. The van der Waals surface area contributed by atoms with Crippen LogP contribution in [0.25, 0.3) is 0 Å². The van der Waals surface area contributed by atoms with Crippen molar-refractivity contribution in [3.05, 3.63) is 45.9 Å². The number of anilines is 1. The molecule has 77 heavy (non-hydrogen) atoms. The maximum atomic E-state index is 14.9. The lowest BCUT2D eigenvalue weighted by Gasteiger charge is -2.39. The number of ketones is 1. The molecule has 21 heteroatoms. The van der Waals surface area contributed by atoms with Crippen molar-refractivity contribution in [1.82, 2.24) is 30.9 Å². The second kappa shape index (κ2) is 32.4. The molecule has 1 saturated heterocycles. The summed E-state index contributed by atoms with van der Waals surface area (Å²) in [6.45, 7) is 19.6. The Morgan fingerprint density at radius 1 is 0.948 bits per heavy atom. The summed E-state index contributed by atoms with van der Waals surface area (Å²) in [6, 6.07) is 2.79. The van der Waals surface area contributed by atoms with Crippen LogP contribution in [-0.4, -0.2) is 124 Å². The molecule has 2 aromatic rings. The fourth-order valence-electron chi connectivity index (χ4n) is 9.18. The van der Waals surface area contributed by atoms with E-state index in [0.717, 1.165) is 49.1 Å². The van der Waals surface area contributed by atoms with Crippen molar-refractivity contribution in [3.63, 3.8) is 0 Å². The number of thiazole rings is 1. The minimum Gasteiger partial charge on any atom is -0.481 e. The van der Waals surface area contributed by atoms with Crippen LogP contribution in [-0.2, 0) is 44.8 Å². The molecule has 0 bridgehead atoms. The normalized spacial score (nSPS) is 16.8. The lowest BCUT2D eigenvalue weighted by atomic mass is 9.84. The van der Waals surface area contributed by atoms with Crippen LogP contribution >= 0.6 is 11.3 Å². The summed E-state index contributed by atoms with van der Waals surface area (Å²) < 4.78 is 6.06. The first-order chi connectivity index (χ1) is 36.3. The van der Waals surface area contributed by atoms with E-state index in [9.17, 15) is 43.5 Å². The molecule has 0 saturated carbocycles. The number of Topliss-reactive ketones (excluding diaryl/α,β-unsaturated/α-hetero) is 1. The summed E-state index contributed by atoms with van der Waals surface area (Å²) in [5.74, 6) is -4.74. The first-order valence-corrected chi connectivity index (χ1v) is 28.6. The number of rotatable bonds is 34. The molecule has 2 heterocycles. The van der Waals surface area contributed by atoms with Crippen LogP contribution in [0.3, 0.4) is 0 Å². The van der Waals surface area contributed by atoms with Crippen molar-refractivity contribution in [2.45, 2.75) is 195 Å². The van der Waals surface area contributed by atoms with Crippen molar-refractivity contribution < 1.29 is 53.0 Å². The molecule has 0 unspecified atom stereocenters. The highest BCUT2D eigenvalue weighted by Gasteiger charge is 2.40. The second-order valence-corrected chi connectivity index (χ2v) is 22.9. The van der Waals surface area contributed by atoms with Crippen LogP contribution in [0.5, 0.6) is 0 Å². The van der Waals surface area contributed by atoms with Crippen molar-refractivity contribution in [1.29, 1.82) is 0 Å². The number of nitrogens with zero attached hydrogens (tertiary/aromatic N) is 3. The first kappa shape index (κ1) is 65.8. The number of ether oxygens (including phenoxy) is 1. The van der Waals surface area contributed by atoms with E-state index in [4.69, 9.17) is 26.0 Å². The average Bonchev–Trinajstić information content (AvgIpc) is 3.88. The van der Waals surface area contributed by atoms with Crippen LogP contribution in [0.2, 0.25) is 0 Å². The Morgan fingerprint density at radius 2 is 1.64 bits per heavy atom. The molecule has 0 aliphatic carbocycles. The number of carboxylic acid groups (broad SMARTS) is 1. The number of aromatic nitrogens is 1. The molecule has 20 nitrogen and oxygen atoms in total. The van der Waals surface area contributed by atoms with Crippen molar-refractivity contribution in [2.24, 2.45) is 40.6 Å². The number of piperidine rings is 1. The predicted octanol–water partition coefficient (Wildman–Crippen LogP) is 7.31. The standard InChI is InChI=1S/C56H91N9O11S/c1-12-15-18-28-75-65(53(71)48(36(8)13-2)63-51(70)42-21-16-17-27-64(42)11)43(34(4)5)31-45(76-46(67)14-3)52-62-41(33-77-52)50(69)61-40(32-56(9,10)54(72)73)29-37-22-24-39(25-23-37)60-49(68)38(20-19-26-59-55(58)74)30-44(66)47(57)35(6)7/h22-25,33-36,38,40,42-43,45,47-48H,12-21,26-32,57H2,1-11H3,(H,60,68)(H,61,69)(H,63,70)(H,72,73)(H3,58,59,74)/t36-,38+,40-,42+,43+,45+,47-,48-/m0/s1. The number of hydrogen-bond donors (Lipinski definition) is 7. The molecule has 3 rings (SSSR count). The molecule has 432 valence electrons. The van der Waals surface area contributed by atoms with E-state index in [2.05, 4.69) is 28.2 Å². The highest BCUT2D eigenvalue weighted by molar-refractivity contribution is 7.09. The third-order valence-corrected chi connectivity index (χ3v) is 15.4. The molecular formula is C56H91N9O11S. The zero-order valence-electron chi connectivity index (χ0n) is 47.6. The number of nitrogens with two attached hydrogens (primary N) is 2. The quantitative estimate of drug-likeness (QED) is 0.0206. The second-order valence-electron chi connectivity index (χ2n) is 22.0. The fourth-order valence-corrected chi connectivity index (χ4v) is 10.0. The molecule has 0 spiro atoms. The van der Waals surface area contributed by atoms with Crippen LogP contribution in [0, 0.1) is 29.1 Å². The van der Waals surface area contributed by atoms with Crippen LogP contribution in [0.4, 0.5) is 10.5 Å². The number of nitrogens with one attached hydrogen (secondary N) is 4. The van der Waals surface area contributed by atoms with Gasteiger partial charge < -0.3 is 42.6 Å². The molecule has 1 aromatic carbocycles. The number of carbonyl (C=O) groups excluding carboxylic acids is 7. The number of likely N-dealkylation sites (N-methyl/N-ethyl adjacent to an activating group) is 1. The van der Waals surface area contributed by atoms with Gasteiger partial charge in [-0.2, -0.15) is 0 Å². The van der Waals surface area contributed by atoms with E-state index in [1.54, 1.807) is 50.4 Å². The average molecular weight is 1100 g/mol. The molecule has 1 aromatic heterocycles. The van der Waals surface area contributed by atoms with Gasteiger partial charge in [0, 0.05) is 48.8 Å². The van der Waals surface area contributed by atoms with Crippen molar-refractivity contribution in [3.8, 4) is 0 Å². The highest BCUT2D eigenvalue weighted by atomic mass is 32.1. The number of carbonyl (C=O) groups is 8. The molecule has 1 aliphatic rings. The lowest BCUT2D eigenvalue weighted by molar-refractivity contribution is -0.213. The van der Waals surface area contributed by atoms with Gasteiger partial charge >= 0.3 is 18.0 Å². The van der Waals surface area contributed by atoms with Gasteiger partial charge in [0.2, 0.25) is 11.8 Å². The summed E-state index contributed by atoms with van der Waals surface area (Å²) in [4.78, 5) is 119. The van der Waals surface area contributed by atoms with Gasteiger partial charge in [-0.15, -0.1) is 11.3 Å². The molecule has 8 atom stereocenters. The molecule has 0 radical (unpaired) electrons. The number of primary amides is 1.